The van der Waals surface area contributed by atoms with Crippen LogP contribution in [-0.2, 0) is 21.2 Å². The molecule has 0 heterocycles. The fourth-order valence-electron chi connectivity index (χ4n) is 3.83. The van der Waals surface area contributed by atoms with Gasteiger partial charge in [0.1, 0.15) is 6.04 Å². The van der Waals surface area contributed by atoms with Crippen LogP contribution in [0.3, 0.4) is 0 Å². The minimum Gasteiger partial charge on any atom is -0.426 e. The van der Waals surface area contributed by atoms with E-state index in [1.165, 1.54) is 12.1 Å². The summed E-state index contributed by atoms with van der Waals surface area (Å²) < 4.78 is 26.9. The lowest BCUT2D eigenvalue weighted by Crippen LogP contribution is -2.58. The highest BCUT2D eigenvalue weighted by Crippen LogP contribution is 2.11. The molecular weight excluding hydrogens is 535 g/mol. The van der Waals surface area contributed by atoms with Gasteiger partial charge in [-0.15, -0.1) is 0 Å². The highest BCUT2D eigenvalue weighted by atomic mass is 32.2. The predicted octanol–water partition coefficient (Wildman–Crippen LogP) is 1.67. The zero-order valence-corrected chi connectivity index (χ0v) is 24.1. The summed E-state index contributed by atoms with van der Waals surface area (Å²) in [6.07, 6.45) is 3.16. The van der Waals surface area contributed by atoms with Crippen molar-refractivity contribution < 1.29 is 32.8 Å². The first-order valence-electron chi connectivity index (χ1n) is 13.3. The van der Waals surface area contributed by atoms with Crippen LogP contribution in [0.5, 0.6) is 0 Å². The Hall–Kier alpha value is -3.42. The minimum absolute atomic E-state index is 0.0160. The highest BCUT2D eigenvalue weighted by Gasteiger charge is 2.30. The van der Waals surface area contributed by atoms with Gasteiger partial charge in [0.25, 0.3) is 15.9 Å². The lowest BCUT2D eigenvalue weighted by molar-refractivity contribution is -0.123. The van der Waals surface area contributed by atoms with Gasteiger partial charge in [-0.2, -0.15) is 0 Å². The molecule has 218 valence electrons. The Morgan fingerprint density at radius 1 is 0.950 bits per heavy atom. The average molecular weight is 575 g/mol. The average Bonchev–Trinajstić information content (AvgIpc) is 2.89. The summed E-state index contributed by atoms with van der Waals surface area (Å²) in [6, 6.07) is 10.3. The van der Waals surface area contributed by atoms with Gasteiger partial charge in [-0.3, -0.25) is 9.59 Å². The first kappa shape index (κ1) is 32.8. The monoisotopic (exact) mass is 574 g/mol. The zero-order chi connectivity index (χ0) is 29.9. The predicted molar refractivity (Wildman–Crippen MR) is 153 cm³/mol. The molecule has 0 aromatic heterocycles. The van der Waals surface area contributed by atoms with Crippen molar-refractivity contribution in [1.82, 2.24) is 20.7 Å². The Kier molecular flexibility index (Phi) is 12.6. The molecule has 0 aliphatic heterocycles. The Balaban J connectivity index is 2.16. The SMILES string of the molecule is CCCCc1ccc(C(=O)N[C@@H](CNC(=O)NS(=O)(=O)c2ccc(C)cc2)C(=O)N[C@@H](CC(C)C)B(O)O)cc1. The summed E-state index contributed by atoms with van der Waals surface area (Å²) in [4.78, 5) is 38.4. The van der Waals surface area contributed by atoms with Crippen LogP contribution in [0, 0.1) is 12.8 Å². The van der Waals surface area contributed by atoms with Crippen LogP contribution in [0.2, 0.25) is 0 Å². The third-order valence-electron chi connectivity index (χ3n) is 6.09. The molecule has 0 radical (unpaired) electrons. The summed E-state index contributed by atoms with van der Waals surface area (Å²) in [5.41, 5.74) is 2.19. The second-order valence-corrected chi connectivity index (χ2v) is 11.8. The number of amides is 4. The smallest absolute Gasteiger partial charge is 0.426 e. The molecule has 0 bridgehead atoms. The topological polar surface area (TPSA) is 174 Å². The lowest BCUT2D eigenvalue weighted by atomic mass is 9.75. The Morgan fingerprint density at radius 3 is 2.12 bits per heavy atom. The third-order valence-corrected chi connectivity index (χ3v) is 7.44. The number of urea groups is 1. The number of hydrogen-bond donors (Lipinski definition) is 6. The van der Waals surface area contributed by atoms with Gasteiger partial charge >= 0.3 is 13.1 Å². The number of sulfonamides is 1. The third kappa shape index (κ3) is 10.6. The Morgan fingerprint density at radius 2 is 1.57 bits per heavy atom. The van der Waals surface area contributed by atoms with Crippen molar-refractivity contribution in [1.29, 1.82) is 0 Å². The van der Waals surface area contributed by atoms with E-state index in [-0.39, 0.29) is 22.8 Å². The number of benzene rings is 2. The van der Waals surface area contributed by atoms with Crippen LogP contribution in [0.4, 0.5) is 4.79 Å². The first-order chi connectivity index (χ1) is 18.8. The number of rotatable bonds is 14. The van der Waals surface area contributed by atoms with Crippen molar-refractivity contribution >= 4 is 35.0 Å². The maximum atomic E-state index is 13.1. The molecule has 13 heteroatoms. The molecule has 6 N–H and O–H groups in total. The molecule has 4 amide bonds. The van der Waals surface area contributed by atoms with E-state index in [4.69, 9.17) is 0 Å². The van der Waals surface area contributed by atoms with E-state index >= 15 is 0 Å². The zero-order valence-electron chi connectivity index (χ0n) is 23.3. The number of nitrogens with one attached hydrogen (secondary N) is 4. The molecule has 0 unspecified atom stereocenters. The van der Waals surface area contributed by atoms with E-state index in [0.29, 0.717) is 0 Å². The number of hydrogen-bond acceptors (Lipinski definition) is 7. The molecule has 0 aliphatic carbocycles. The number of carbonyl (C=O) groups is 3. The molecule has 0 saturated heterocycles. The van der Waals surface area contributed by atoms with Crippen LogP contribution in [0.15, 0.2) is 53.4 Å². The first-order valence-corrected chi connectivity index (χ1v) is 14.7. The number of unbranched alkanes of at least 4 members (excludes halogenated alkanes) is 1. The van der Waals surface area contributed by atoms with Gasteiger partial charge in [-0.25, -0.2) is 17.9 Å². The van der Waals surface area contributed by atoms with Crippen molar-refractivity contribution in [3.8, 4) is 0 Å². The normalized spacial score (nSPS) is 12.8. The molecule has 2 atom stereocenters. The summed E-state index contributed by atoms with van der Waals surface area (Å²) >= 11 is 0. The van der Waals surface area contributed by atoms with Crippen molar-refractivity contribution in [3.63, 3.8) is 0 Å². The van der Waals surface area contributed by atoms with E-state index in [2.05, 4.69) is 22.9 Å². The molecule has 11 nitrogen and oxygen atoms in total. The van der Waals surface area contributed by atoms with Gasteiger partial charge in [-0.1, -0.05) is 57.0 Å². The molecular formula is C27H39BN4O7S. The van der Waals surface area contributed by atoms with Gasteiger partial charge in [0, 0.05) is 12.1 Å². The standard InChI is InChI=1S/C27H39BN4O7S/c1-5-6-7-20-10-12-21(13-11-20)25(33)30-23(26(34)31-24(28(36)37)16-18(2)3)17-29-27(35)32-40(38,39)22-14-8-19(4)9-15-22/h8-15,18,23-24,36-37H,5-7,16-17H2,1-4H3,(H,30,33)(H,31,34)(H2,29,32,35)/t23-,24-/m0/s1. The lowest BCUT2D eigenvalue weighted by Gasteiger charge is -2.24. The van der Waals surface area contributed by atoms with Crippen LogP contribution in [-0.4, -0.2) is 62.0 Å². The van der Waals surface area contributed by atoms with E-state index < -0.39 is 53.5 Å². The fourth-order valence-corrected chi connectivity index (χ4v) is 4.76. The minimum atomic E-state index is -4.18. The number of aryl methyl sites for hydroxylation is 2. The largest absolute Gasteiger partial charge is 0.475 e. The second-order valence-electron chi connectivity index (χ2n) is 10.1. The van der Waals surface area contributed by atoms with E-state index in [0.717, 1.165) is 30.4 Å². The van der Waals surface area contributed by atoms with Crippen molar-refractivity contribution in [3.05, 3.63) is 65.2 Å². The summed E-state index contributed by atoms with van der Waals surface area (Å²) in [5, 5.41) is 26.8. The molecule has 40 heavy (non-hydrogen) atoms. The maximum absolute atomic E-state index is 13.1. The van der Waals surface area contributed by atoms with E-state index in [9.17, 15) is 32.8 Å². The molecule has 0 saturated carbocycles. The van der Waals surface area contributed by atoms with Gasteiger partial charge in [0.05, 0.1) is 10.8 Å². The quantitative estimate of drug-likeness (QED) is 0.186. The molecule has 2 aromatic carbocycles. The molecule has 0 fully saturated rings. The summed E-state index contributed by atoms with van der Waals surface area (Å²) in [6.45, 7) is 7.08. The summed E-state index contributed by atoms with van der Waals surface area (Å²) in [5.74, 6) is -2.39. The van der Waals surface area contributed by atoms with E-state index in [1.807, 2.05) is 30.7 Å². The van der Waals surface area contributed by atoms with Gasteiger partial charge in [0.15, 0.2) is 0 Å². The molecule has 0 aliphatic rings. The maximum Gasteiger partial charge on any atom is 0.475 e. The molecule has 2 aromatic rings. The van der Waals surface area contributed by atoms with Gasteiger partial charge in [0.2, 0.25) is 5.91 Å². The summed E-state index contributed by atoms with van der Waals surface area (Å²) in [7, 11) is -6.03. The van der Waals surface area contributed by atoms with Crippen LogP contribution in [0.25, 0.3) is 0 Å². The van der Waals surface area contributed by atoms with Crippen molar-refractivity contribution in [2.45, 2.75) is 70.3 Å². The molecule has 0 spiro atoms. The van der Waals surface area contributed by atoms with Gasteiger partial charge < -0.3 is 26.0 Å². The van der Waals surface area contributed by atoms with Crippen molar-refractivity contribution in [2.24, 2.45) is 5.92 Å². The number of carbonyl (C=O) groups excluding carboxylic acids is 3. The Bertz CT molecular complexity index is 1240. The Labute approximate surface area is 236 Å². The van der Waals surface area contributed by atoms with Crippen molar-refractivity contribution in [2.75, 3.05) is 6.54 Å². The molecule has 2 rings (SSSR count). The van der Waals surface area contributed by atoms with Crippen LogP contribution in [0.1, 0.15) is 61.5 Å². The van der Waals surface area contributed by atoms with Crippen LogP contribution >= 0.6 is 0 Å². The van der Waals surface area contributed by atoms with E-state index in [1.54, 1.807) is 31.2 Å². The second kappa shape index (κ2) is 15.4. The fraction of sp³-hybridized carbons (Fsp3) is 0.444. The highest BCUT2D eigenvalue weighted by molar-refractivity contribution is 7.90. The van der Waals surface area contributed by atoms with Gasteiger partial charge in [-0.05, 0) is 61.9 Å². The van der Waals surface area contributed by atoms with Crippen LogP contribution < -0.4 is 20.7 Å².